The fourth-order valence-corrected chi connectivity index (χ4v) is 2.99. The van der Waals surface area contributed by atoms with E-state index >= 15 is 0 Å². The largest absolute Gasteiger partial charge is 0.313 e. The molecule has 0 saturated carbocycles. The molecule has 0 bridgehead atoms. The number of rotatable bonds is 10. The van der Waals surface area contributed by atoms with Gasteiger partial charge >= 0.3 is 0 Å². The van der Waals surface area contributed by atoms with Crippen LogP contribution in [0.25, 0.3) is 0 Å². The lowest BCUT2D eigenvalue weighted by atomic mass is 10.0. The van der Waals surface area contributed by atoms with Crippen LogP contribution in [0.5, 0.6) is 0 Å². The Morgan fingerprint density at radius 2 is 1.94 bits per heavy atom. The van der Waals surface area contributed by atoms with Gasteiger partial charge in [-0.25, -0.2) is 0 Å². The van der Waals surface area contributed by atoms with Crippen molar-refractivity contribution in [2.24, 2.45) is 5.92 Å². The maximum atomic E-state index is 11.8. The average Bonchev–Trinajstić information content (AvgIpc) is 2.31. The normalized spacial score (nSPS) is 14.9. The minimum absolute atomic E-state index is 0. The van der Waals surface area contributed by atoms with Crippen LogP contribution in [0.15, 0.2) is 0 Å². The molecule has 0 aliphatic heterocycles. The van der Waals surface area contributed by atoms with Crippen molar-refractivity contribution in [1.29, 1.82) is 0 Å². The van der Waals surface area contributed by atoms with Gasteiger partial charge in [0.05, 0.1) is 5.25 Å². The summed E-state index contributed by atoms with van der Waals surface area (Å²) in [6, 6.07) is 0.584. The number of hydrogen-bond donors (Lipinski definition) is 1. The molecule has 0 saturated heterocycles. The second-order valence-electron chi connectivity index (χ2n) is 5.07. The molecule has 104 valence electrons. The zero-order valence-electron chi connectivity index (χ0n) is 12.1. The van der Waals surface area contributed by atoms with E-state index in [2.05, 4.69) is 33.0 Å². The Bertz CT molecular complexity index is 212. The van der Waals surface area contributed by atoms with Crippen molar-refractivity contribution in [2.45, 2.75) is 65.2 Å². The van der Waals surface area contributed by atoms with Gasteiger partial charge in [0.1, 0.15) is 5.78 Å². The Labute approximate surface area is 113 Å². The molecule has 0 aliphatic carbocycles. The van der Waals surface area contributed by atoms with Gasteiger partial charge in [0.2, 0.25) is 0 Å². The Balaban J connectivity index is 0. The van der Waals surface area contributed by atoms with Crippen LogP contribution in [0.3, 0.4) is 0 Å². The molecule has 17 heavy (non-hydrogen) atoms. The average molecular weight is 261 g/mol. The minimum Gasteiger partial charge on any atom is -0.313 e. The van der Waals surface area contributed by atoms with E-state index in [-0.39, 0.29) is 6.68 Å². The molecule has 0 radical (unpaired) electrons. The van der Waals surface area contributed by atoms with Gasteiger partial charge < -0.3 is 5.32 Å². The summed E-state index contributed by atoms with van der Waals surface area (Å²) in [5, 5.41) is 3.67. The third-order valence-electron chi connectivity index (χ3n) is 2.92. The summed E-state index contributed by atoms with van der Waals surface area (Å²) in [4.78, 5) is 11.8. The molecule has 2 nitrogen and oxygen atoms in total. The van der Waals surface area contributed by atoms with E-state index in [1.165, 1.54) is 0 Å². The molecular weight excluding hydrogens is 230 g/mol. The van der Waals surface area contributed by atoms with Crippen LogP contribution in [0.4, 0.5) is 0 Å². The van der Waals surface area contributed by atoms with E-state index in [0.29, 0.717) is 24.2 Å². The first-order chi connectivity index (χ1) is 8.01. The van der Waals surface area contributed by atoms with Gasteiger partial charge in [-0.05, 0) is 25.7 Å². The molecular formula is C14H31NOS. The van der Waals surface area contributed by atoms with E-state index in [0.717, 1.165) is 25.1 Å². The maximum absolute atomic E-state index is 11.8. The molecule has 3 heteroatoms. The summed E-state index contributed by atoms with van der Waals surface area (Å²) in [6.45, 7) is 11.7. The zero-order valence-corrected chi connectivity index (χ0v) is 12.9. The van der Waals surface area contributed by atoms with Crippen LogP contribution >= 0.6 is 11.8 Å². The topological polar surface area (TPSA) is 29.1 Å². The molecule has 0 amide bonds. The second-order valence-corrected chi connectivity index (χ2v) is 6.38. The van der Waals surface area contributed by atoms with Crippen molar-refractivity contribution in [3.63, 3.8) is 0 Å². The smallest absolute Gasteiger partial charge is 0.145 e. The summed E-state index contributed by atoms with van der Waals surface area (Å²) >= 11 is 1.82. The van der Waals surface area contributed by atoms with Gasteiger partial charge in [0.25, 0.3) is 0 Å². The SMILES string of the molecule is CCC(=O)[C@@H](CC(C)C)SCCNC(C)CC.[HH]. The van der Waals surface area contributed by atoms with Crippen LogP contribution < -0.4 is 5.32 Å². The fourth-order valence-electron chi connectivity index (χ4n) is 1.60. The molecule has 1 N–H and O–H groups in total. The summed E-state index contributed by atoms with van der Waals surface area (Å²) in [7, 11) is 0. The number of thioether (sulfide) groups is 1. The molecule has 0 aliphatic rings. The molecule has 0 heterocycles. The van der Waals surface area contributed by atoms with Gasteiger partial charge in [-0.2, -0.15) is 0 Å². The Kier molecular flexibility index (Phi) is 9.94. The first-order valence-corrected chi connectivity index (χ1v) is 7.93. The van der Waals surface area contributed by atoms with Crippen LogP contribution in [-0.2, 0) is 4.79 Å². The van der Waals surface area contributed by atoms with E-state index in [1.54, 1.807) is 0 Å². The van der Waals surface area contributed by atoms with Crippen molar-refractivity contribution in [3.05, 3.63) is 0 Å². The highest BCUT2D eigenvalue weighted by Crippen LogP contribution is 2.21. The zero-order chi connectivity index (χ0) is 13.3. The summed E-state index contributed by atoms with van der Waals surface area (Å²) < 4.78 is 0. The van der Waals surface area contributed by atoms with Gasteiger partial charge in [-0.3, -0.25) is 4.79 Å². The third kappa shape index (κ3) is 8.67. The van der Waals surface area contributed by atoms with Crippen LogP contribution in [0.1, 0.15) is 55.3 Å². The van der Waals surface area contributed by atoms with E-state index < -0.39 is 0 Å². The summed E-state index contributed by atoms with van der Waals surface area (Å²) in [5.41, 5.74) is 0. The van der Waals surface area contributed by atoms with E-state index in [1.807, 2.05) is 18.7 Å². The molecule has 1 unspecified atom stereocenters. The van der Waals surface area contributed by atoms with E-state index in [4.69, 9.17) is 0 Å². The lowest BCUT2D eigenvalue weighted by molar-refractivity contribution is -0.118. The first-order valence-electron chi connectivity index (χ1n) is 6.88. The van der Waals surface area contributed by atoms with Crippen molar-refractivity contribution >= 4 is 17.5 Å². The number of carbonyl (C=O) groups excluding carboxylic acids is 1. The van der Waals surface area contributed by atoms with Gasteiger partial charge in [-0.1, -0.05) is 27.7 Å². The van der Waals surface area contributed by atoms with Crippen LogP contribution in [-0.4, -0.2) is 29.4 Å². The predicted octanol–water partition coefficient (Wildman–Crippen LogP) is 3.75. The van der Waals surface area contributed by atoms with Crippen LogP contribution in [0, 0.1) is 5.92 Å². The highest BCUT2D eigenvalue weighted by molar-refractivity contribution is 8.00. The molecule has 0 spiro atoms. The lowest BCUT2D eigenvalue weighted by Gasteiger charge is -2.18. The van der Waals surface area contributed by atoms with Crippen LogP contribution in [0.2, 0.25) is 0 Å². The lowest BCUT2D eigenvalue weighted by Crippen LogP contribution is -2.28. The molecule has 0 fully saturated rings. The second kappa shape index (κ2) is 9.95. The Hall–Kier alpha value is -0.0200. The molecule has 0 aromatic rings. The Morgan fingerprint density at radius 1 is 1.29 bits per heavy atom. The third-order valence-corrected chi connectivity index (χ3v) is 4.22. The van der Waals surface area contributed by atoms with Crippen molar-refractivity contribution in [3.8, 4) is 0 Å². The van der Waals surface area contributed by atoms with Gasteiger partial charge in [0.15, 0.2) is 0 Å². The first kappa shape index (κ1) is 17.0. The quantitative estimate of drug-likeness (QED) is 0.607. The molecule has 2 atom stereocenters. The Morgan fingerprint density at radius 3 is 2.41 bits per heavy atom. The summed E-state index contributed by atoms with van der Waals surface area (Å²) in [5.74, 6) is 2.05. The van der Waals surface area contributed by atoms with Gasteiger partial charge in [0, 0.05) is 26.2 Å². The fraction of sp³-hybridized carbons (Fsp3) is 0.929. The van der Waals surface area contributed by atoms with Crippen molar-refractivity contribution in [1.82, 2.24) is 5.32 Å². The van der Waals surface area contributed by atoms with E-state index in [9.17, 15) is 4.79 Å². The standard InChI is InChI=1S/C14H29NOS.H2/c1-6-12(5)15-8-9-17-14(10-11(3)4)13(16)7-2;/h11-12,14-15H,6-10H2,1-5H3;1H/t12?,14-;/m1./s1. The minimum atomic E-state index is 0. The number of ketones is 1. The predicted molar refractivity (Wildman–Crippen MR) is 80.9 cm³/mol. The number of Topliss-reactive ketones (excluding diaryl/α,β-unsaturated/α-hetero) is 1. The maximum Gasteiger partial charge on any atom is 0.145 e. The summed E-state index contributed by atoms with van der Waals surface area (Å²) in [6.07, 6.45) is 2.85. The molecule has 0 aromatic carbocycles. The molecule has 0 rings (SSSR count). The number of hydrogen-bond acceptors (Lipinski definition) is 3. The number of nitrogens with one attached hydrogen (secondary N) is 1. The van der Waals surface area contributed by atoms with Crippen molar-refractivity contribution < 1.29 is 6.22 Å². The monoisotopic (exact) mass is 261 g/mol. The van der Waals surface area contributed by atoms with Crippen molar-refractivity contribution in [2.75, 3.05) is 12.3 Å². The van der Waals surface area contributed by atoms with Gasteiger partial charge in [-0.15, -0.1) is 11.8 Å². The number of carbonyl (C=O) groups is 1. The highest BCUT2D eigenvalue weighted by atomic mass is 32.2. The highest BCUT2D eigenvalue weighted by Gasteiger charge is 2.18. The molecule has 0 aromatic heterocycles.